The number of amides is 1. The molecule has 70 valence electrons. The van der Waals surface area contributed by atoms with Gasteiger partial charge in [0.05, 0.1) is 6.61 Å². The van der Waals surface area contributed by atoms with Gasteiger partial charge in [0.1, 0.15) is 6.61 Å². The van der Waals surface area contributed by atoms with Gasteiger partial charge in [-0.15, -0.1) is 0 Å². The minimum absolute atomic E-state index is 0.0126. The third-order valence-corrected chi connectivity index (χ3v) is 1.34. The Kier molecular flexibility index (Phi) is 3.78. The molecule has 0 heterocycles. The van der Waals surface area contributed by atoms with Crippen molar-refractivity contribution in [2.45, 2.75) is 0 Å². The van der Waals surface area contributed by atoms with E-state index in [1.807, 2.05) is 18.2 Å². The van der Waals surface area contributed by atoms with Crippen molar-refractivity contribution in [2.24, 2.45) is 0 Å². The molecule has 4 heteroatoms. The molecule has 0 saturated heterocycles. The summed E-state index contributed by atoms with van der Waals surface area (Å²) in [5, 5.41) is 10.9. The average molecular weight is 181 g/mol. The molecule has 0 aliphatic carbocycles. The zero-order valence-corrected chi connectivity index (χ0v) is 7.06. The Hall–Kier alpha value is -1.55. The SMILES string of the molecule is O=C(Nc1ccccc1)OCCO. The van der Waals surface area contributed by atoms with Crippen LogP contribution in [0.25, 0.3) is 0 Å². The molecule has 1 rings (SSSR count). The van der Waals surface area contributed by atoms with E-state index >= 15 is 0 Å². The van der Waals surface area contributed by atoms with Crippen molar-refractivity contribution < 1.29 is 14.6 Å². The molecule has 1 aromatic carbocycles. The van der Waals surface area contributed by atoms with Crippen molar-refractivity contribution in [1.82, 2.24) is 0 Å². The lowest BCUT2D eigenvalue weighted by atomic mass is 10.3. The molecule has 0 fully saturated rings. The lowest BCUT2D eigenvalue weighted by Crippen LogP contribution is -2.15. The molecule has 2 N–H and O–H groups in total. The zero-order chi connectivity index (χ0) is 9.52. The fourth-order valence-electron chi connectivity index (χ4n) is 0.814. The summed E-state index contributed by atoms with van der Waals surface area (Å²) >= 11 is 0. The van der Waals surface area contributed by atoms with Gasteiger partial charge >= 0.3 is 6.09 Å². The zero-order valence-electron chi connectivity index (χ0n) is 7.06. The maximum atomic E-state index is 10.9. The van der Waals surface area contributed by atoms with E-state index in [0.717, 1.165) is 0 Å². The van der Waals surface area contributed by atoms with Crippen LogP contribution in [0.3, 0.4) is 0 Å². The highest BCUT2D eigenvalue weighted by Gasteiger charge is 2.00. The molecular formula is C9H11NO3. The van der Waals surface area contributed by atoms with Gasteiger partial charge < -0.3 is 9.84 Å². The van der Waals surface area contributed by atoms with Gasteiger partial charge in [0.2, 0.25) is 0 Å². The molecule has 4 nitrogen and oxygen atoms in total. The van der Waals surface area contributed by atoms with Crippen LogP contribution in [0.4, 0.5) is 10.5 Å². The highest BCUT2D eigenvalue weighted by atomic mass is 16.6. The summed E-state index contributed by atoms with van der Waals surface area (Å²) in [4.78, 5) is 10.9. The van der Waals surface area contributed by atoms with E-state index in [9.17, 15) is 4.79 Å². The third-order valence-electron chi connectivity index (χ3n) is 1.34. The second kappa shape index (κ2) is 5.16. The van der Waals surface area contributed by atoms with E-state index in [0.29, 0.717) is 5.69 Å². The Morgan fingerprint density at radius 3 is 2.69 bits per heavy atom. The predicted octanol–water partition coefficient (Wildman–Crippen LogP) is 1.23. The van der Waals surface area contributed by atoms with Crippen LogP contribution in [0.1, 0.15) is 0 Å². The van der Waals surface area contributed by atoms with Crippen molar-refractivity contribution in [3.8, 4) is 0 Å². The lowest BCUT2D eigenvalue weighted by molar-refractivity contribution is 0.131. The fourth-order valence-corrected chi connectivity index (χ4v) is 0.814. The first-order valence-corrected chi connectivity index (χ1v) is 3.92. The number of benzene rings is 1. The second-order valence-corrected chi connectivity index (χ2v) is 2.35. The van der Waals surface area contributed by atoms with Crippen LogP contribution in [-0.2, 0) is 4.74 Å². The highest BCUT2D eigenvalue weighted by molar-refractivity contribution is 5.84. The molecular weight excluding hydrogens is 170 g/mol. The van der Waals surface area contributed by atoms with Gasteiger partial charge in [-0.05, 0) is 12.1 Å². The van der Waals surface area contributed by atoms with Crippen molar-refractivity contribution in [3.63, 3.8) is 0 Å². The molecule has 13 heavy (non-hydrogen) atoms. The van der Waals surface area contributed by atoms with Gasteiger partial charge in [-0.3, -0.25) is 5.32 Å². The van der Waals surface area contributed by atoms with Crippen molar-refractivity contribution >= 4 is 11.8 Å². The number of aliphatic hydroxyl groups excluding tert-OH is 1. The Balaban J connectivity index is 2.37. The molecule has 0 saturated carbocycles. The van der Waals surface area contributed by atoms with E-state index < -0.39 is 6.09 Å². The maximum Gasteiger partial charge on any atom is 0.411 e. The normalized spacial score (nSPS) is 9.31. The van der Waals surface area contributed by atoms with Gasteiger partial charge in [-0.2, -0.15) is 0 Å². The molecule has 0 radical (unpaired) electrons. The number of nitrogens with one attached hydrogen (secondary N) is 1. The Morgan fingerprint density at radius 2 is 2.08 bits per heavy atom. The molecule has 0 bridgehead atoms. The molecule has 1 aromatic rings. The summed E-state index contributed by atoms with van der Waals surface area (Å²) in [6, 6.07) is 8.97. The summed E-state index contributed by atoms with van der Waals surface area (Å²) in [6.45, 7) is -0.152. The first-order valence-electron chi connectivity index (χ1n) is 3.92. The predicted molar refractivity (Wildman–Crippen MR) is 48.5 cm³/mol. The second-order valence-electron chi connectivity index (χ2n) is 2.35. The van der Waals surface area contributed by atoms with Crippen LogP contribution in [0.15, 0.2) is 30.3 Å². The number of ether oxygens (including phenoxy) is 1. The van der Waals surface area contributed by atoms with E-state index in [1.165, 1.54) is 0 Å². The van der Waals surface area contributed by atoms with Crippen LogP contribution in [0, 0.1) is 0 Å². The molecule has 0 unspecified atom stereocenters. The summed E-state index contributed by atoms with van der Waals surface area (Å²) in [6.07, 6.45) is -0.555. The smallest absolute Gasteiger partial charge is 0.411 e. The minimum Gasteiger partial charge on any atom is -0.447 e. The van der Waals surface area contributed by atoms with E-state index in [2.05, 4.69) is 10.1 Å². The molecule has 1 amide bonds. The average Bonchev–Trinajstić information content (AvgIpc) is 2.16. The Bertz CT molecular complexity index is 261. The number of hydrogen-bond acceptors (Lipinski definition) is 3. The summed E-state index contributed by atoms with van der Waals surface area (Å²) < 4.78 is 4.60. The Morgan fingerprint density at radius 1 is 1.38 bits per heavy atom. The standard InChI is InChI=1S/C9H11NO3/c11-6-7-13-9(12)10-8-4-2-1-3-5-8/h1-5,11H,6-7H2,(H,10,12). The number of aliphatic hydroxyl groups is 1. The van der Waals surface area contributed by atoms with Crippen LogP contribution >= 0.6 is 0 Å². The van der Waals surface area contributed by atoms with Crippen LogP contribution in [0.5, 0.6) is 0 Å². The highest BCUT2D eigenvalue weighted by Crippen LogP contribution is 2.04. The molecule has 0 aliphatic rings. The van der Waals surface area contributed by atoms with Crippen molar-refractivity contribution in [1.29, 1.82) is 0 Å². The van der Waals surface area contributed by atoms with E-state index in [4.69, 9.17) is 5.11 Å². The molecule has 0 atom stereocenters. The topological polar surface area (TPSA) is 58.6 Å². The number of carbonyl (C=O) groups is 1. The van der Waals surface area contributed by atoms with E-state index in [1.54, 1.807) is 12.1 Å². The minimum atomic E-state index is -0.555. The van der Waals surface area contributed by atoms with Gasteiger partial charge in [0.25, 0.3) is 0 Å². The van der Waals surface area contributed by atoms with Gasteiger partial charge in [-0.1, -0.05) is 18.2 Å². The van der Waals surface area contributed by atoms with Crippen molar-refractivity contribution in [3.05, 3.63) is 30.3 Å². The summed E-state index contributed by atoms with van der Waals surface area (Å²) in [5.41, 5.74) is 0.672. The Labute approximate surface area is 76.1 Å². The molecule has 0 spiro atoms. The third kappa shape index (κ3) is 3.57. The number of rotatable bonds is 3. The maximum absolute atomic E-state index is 10.9. The van der Waals surface area contributed by atoms with Gasteiger partial charge in [0, 0.05) is 5.69 Å². The largest absolute Gasteiger partial charge is 0.447 e. The number of carbonyl (C=O) groups excluding carboxylic acids is 1. The summed E-state index contributed by atoms with van der Waals surface area (Å²) in [5.74, 6) is 0. The monoisotopic (exact) mass is 181 g/mol. The molecule has 0 aliphatic heterocycles. The first-order chi connectivity index (χ1) is 6.33. The number of hydrogen-bond donors (Lipinski definition) is 2. The fraction of sp³-hybridized carbons (Fsp3) is 0.222. The number of anilines is 1. The van der Waals surface area contributed by atoms with Crippen LogP contribution in [-0.4, -0.2) is 24.4 Å². The lowest BCUT2D eigenvalue weighted by Gasteiger charge is -2.04. The van der Waals surface area contributed by atoms with Crippen LogP contribution < -0.4 is 5.32 Å². The molecule has 0 aromatic heterocycles. The van der Waals surface area contributed by atoms with Gasteiger partial charge in [-0.25, -0.2) is 4.79 Å². The van der Waals surface area contributed by atoms with Crippen LogP contribution in [0.2, 0.25) is 0 Å². The summed E-state index contributed by atoms with van der Waals surface area (Å²) in [7, 11) is 0. The first kappa shape index (κ1) is 9.54. The van der Waals surface area contributed by atoms with Gasteiger partial charge in [0.15, 0.2) is 0 Å². The van der Waals surface area contributed by atoms with Crippen molar-refractivity contribution in [2.75, 3.05) is 18.5 Å². The quantitative estimate of drug-likeness (QED) is 0.737. The number of para-hydroxylation sites is 1. The van der Waals surface area contributed by atoms with E-state index in [-0.39, 0.29) is 13.2 Å².